The number of rotatable bonds is 7. The summed E-state index contributed by atoms with van der Waals surface area (Å²) in [5.74, 6) is 0.412. The van der Waals surface area contributed by atoms with Gasteiger partial charge in [0.05, 0.1) is 11.9 Å². The lowest BCUT2D eigenvalue weighted by molar-refractivity contribution is 0.102. The van der Waals surface area contributed by atoms with E-state index < -0.39 is 15.9 Å². The zero-order valence-corrected chi connectivity index (χ0v) is 17.9. The van der Waals surface area contributed by atoms with Crippen molar-refractivity contribution in [2.45, 2.75) is 38.0 Å². The van der Waals surface area contributed by atoms with E-state index in [0.717, 1.165) is 49.5 Å². The molecule has 0 unspecified atom stereocenters. The Balaban J connectivity index is 1.76. The zero-order chi connectivity index (χ0) is 20.1. The Hall–Kier alpha value is -1.97. The molecule has 3 rings (SSSR count). The molecule has 0 spiro atoms. The highest BCUT2D eigenvalue weighted by Crippen LogP contribution is 2.28. The molecule has 3 heterocycles. The molecular weight excluding hydrogens is 396 g/mol. The lowest BCUT2D eigenvalue weighted by Crippen LogP contribution is -2.36. The fourth-order valence-corrected chi connectivity index (χ4v) is 6.11. The molecule has 28 heavy (non-hydrogen) atoms. The van der Waals surface area contributed by atoms with Crippen molar-refractivity contribution < 1.29 is 13.2 Å². The normalized spacial score (nSPS) is 15.4. The van der Waals surface area contributed by atoms with Crippen LogP contribution in [0.4, 0.5) is 11.5 Å². The summed E-state index contributed by atoms with van der Waals surface area (Å²) in [6.07, 6.45) is 4.35. The van der Waals surface area contributed by atoms with Crippen LogP contribution in [0.2, 0.25) is 0 Å². The summed E-state index contributed by atoms with van der Waals surface area (Å²) >= 11 is 1.14. The van der Waals surface area contributed by atoms with Crippen LogP contribution >= 0.6 is 11.3 Å². The van der Waals surface area contributed by atoms with E-state index in [4.69, 9.17) is 0 Å². The SMILES string of the molecule is CCN(CC)c1ccc(NC(=O)c2sccc2S(=O)(=O)N2CCCCC2)cn1. The molecule has 0 radical (unpaired) electrons. The summed E-state index contributed by atoms with van der Waals surface area (Å²) in [4.78, 5) is 19.5. The number of amides is 1. The van der Waals surface area contributed by atoms with Crippen molar-refractivity contribution in [3.63, 3.8) is 0 Å². The monoisotopic (exact) mass is 422 g/mol. The van der Waals surface area contributed by atoms with Crippen molar-refractivity contribution in [2.24, 2.45) is 0 Å². The van der Waals surface area contributed by atoms with Gasteiger partial charge < -0.3 is 10.2 Å². The standard InChI is InChI=1S/C19H26N4O3S2/c1-3-22(4-2)17-9-8-15(14-20-17)21-19(24)18-16(10-13-27-18)28(25,26)23-11-6-5-7-12-23/h8-10,13-14H,3-7,11-12H2,1-2H3,(H,21,24). The van der Waals surface area contributed by atoms with Gasteiger partial charge in [-0.05, 0) is 50.3 Å². The maximum absolute atomic E-state index is 12.9. The minimum atomic E-state index is -3.65. The highest BCUT2D eigenvalue weighted by molar-refractivity contribution is 7.89. The van der Waals surface area contributed by atoms with E-state index in [0.29, 0.717) is 18.8 Å². The number of pyridine rings is 1. The lowest BCUT2D eigenvalue weighted by Gasteiger charge is -2.25. The van der Waals surface area contributed by atoms with Crippen LogP contribution in [0, 0.1) is 0 Å². The molecule has 152 valence electrons. The third-order valence-corrected chi connectivity index (χ3v) is 7.84. The third kappa shape index (κ3) is 4.37. The van der Waals surface area contributed by atoms with E-state index >= 15 is 0 Å². The molecule has 0 bridgehead atoms. The van der Waals surface area contributed by atoms with Gasteiger partial charge in [-0.15, -0.1) is 11.3 Å². The Kier molecular flexibility index (Phi) is 6.69. The van der Waals surface area contributed by atoms with Crippen LogP contribution in [-0.2, 0) is 10.0 Å². The first-order valence-corrected chi connectivity index (χ1v) is 11.9. The van der Waals surface area contributed by atoms with E-state index in [9.17, 15) is 13.2 Å². The van der Waals surface area contributed by atoms with Gasteiger partial charge in [-0.2, -0.15) is 4.31 Å². The minimum absolute atomic E-state index is 0.0876. The molecule has 1 amide bonds. The Morgan fingerprint density at radius 1 is 1.18 bits per heavy atom. The molecule has 7 nitrogen and oxygen atoms in total. The second-order valence-electron chi connectivity index (χ2n) is 6.61. The number of nitrogens with zero attached hydrogens (tertiary/aromatic N) is 3. The maximum atomic E-state index is 12.9. The molecule has 1 N–H and O–H groups in total. The smallest absolute Gasteiger partial charge is 0.267 e. The van der Waals surface area contributed by atoms with Crippen LogP contribution in [0.1, 0.15) is 42.8 Å². The van der Waals surface area contributed by atoms with Crippen LogP contribution in [-0.4, -0.2) is 49.8 Å². The van der Waals surface area contributed by atoms with Crippen molar-refractivity contribution in [1.29, 1.82) is 0 Å². The summed E-state index contributed by atoms with van der Waals surface area (Å²) in [6.45, 7) is 6.83. The zero-order valence-electron chi connectivity index (χ0n) is 16.2. The van der Waals surface area contributed by atoms with Crippen molar-refractivity contribution in [3.05, 3.63) is 34.7 Å². The Morgan fingerprint density at radius 2 is 1.89 bits per heavy atom. The molecular formula is C19H26N4O3S2. The number of carbonyl (C=O) groups is 1. The molecule has 1 fully saturated rings. The van der Waals surface area contributed by atoms with E-state index in [1.165, 1.54) is 10.4 Å². The summed E-state index contributed by atoms with van der Waals surface area (Å²) in [5, 5.41) is 4.42. The van der Waals surface area contributed by atoms with E-state index in [1.54, 1.807) is 17.6 Å². The average molecular weight is 423 g/mol. The topological polar surface area (TPSA) is 82.6 Å². The number of sulfonamides is 1. The predicted molar refractivity (Wildman–Crippen MR) is 113 cm³/mol. The maximum Gasteiger partial charge on any atom is 0.267 e. The summed E-state index contributed by atoms with van der Waals surface area (Å²) in [5.41, 5.74) is 0.538. The number of aromatic nitrogens is 1. The third-order valence-electron chi connectivity index (χ3n) is 4.86. The van der Waals surface area contributed by atoms with Gasteiger partial charge in [0.25, 0.3) is 5.91 Å². The van der Waals surface area contributed by atoms with E-state index in [2.05, 4.69) is 29.0 Å². The minimum Gasteiger partial charge on any atom is -0.357 e. The molecule has 1 aliphatic heterocycles. The van der Waals surface area contributed by atoms with Gasteiger partial charge in [0.2, 0.25) is 10.0 Å². The van der Waals surface area contributed by atoms with Gasteiger partial charge in [0.15, 0.2) is 0 Å². The number of carbonyl (C=O) groups excluding carboxylic acids is 1. The second kappa shape index (κ2) is 9.02. The van der Waals surface area contributed by atoms with Gasteiger partial charge in [0, 0.05) is 26.2 Å². The van der Waals surface area contributed by atoms with Gasteiger partial charge in [-0.1, -0.05) is 6.42 Å². The molecule has 1 saturated heterocycles. The quantitative estimate of drug-likeness (QED) is 0.739. The number of hydrogen-bond acceptors (Lipinski definition) is 6. The van der Waals surface area contributed by atoms with Crippen LogP contribution in [0.3, 0.4) is 0 Å². The summed E-state index contributed by atoms with van der Waals surface area (Å²) < 4.78 is 27.4. The molecule has 0 aromatic carbocycles. The van der Waals surface area contributed by atoms with Crippen molar-refractivity contribution in [1.82, 2.24) is 9.29 Å². The first kappa shape index (κ1) is 20.8. The molecule has 2 aromatic heterocycles. The number of hydrogen-bond donors (Lipinski definition) is 1. The first-order chi connectivity index (χ1) is 13.5. The second-order valence-corrected chi connectivity index (χ2v) is 9.43. The molecule has 9 heteroatoms. The molecule has 1 aliphatic rings. The van der Waals surface area contributed by atoms with Crippen LogP contribution in [0.5, 0.6) is 0 Å². The molecule has 0 atom stereocenters. The fraction of sp³-hybridized carbons (Fsp3) is 0.474. The van der Waals surface area contributed by atoms with E-state index in [-0.39, 0.29) is 9.77 Å². The highest BCUT2D eigenvalue weighted by Gasteiger charge is 2.31. The number of nitrogens with one attached hydrogen (secondary N) is 1. The Labute approximate surface area is 170 Å². The largest absolute Gasteiger partial charge is 0.357 e. The first-order valence-electron chi connectivity index (χ1n) is 9.57. The number of piperidine rings is 1. The van der Waals surface area contributed by atoms with Gasteiger partial charge >= 0.3 is 0 Å². The highest BCUT2D eigenvalue weighted by atomic mass is 32.2. The Bertz CT molecular complexity index is 900. The van der Waals surface area contributed by atoms with Gasteiger partial charge in [-0.25, -0.2) is 13.4 Å². The van der Waals surface area contributed by atoms with Gasteiger partial charge in [-0.3, -0.25) is 4.79 Å². The fourth-order valence-electron chi connectivity index (χ4n) is 3.29. The Morgan fingerprint density at radius 3 is 2.50 bits per heavy atom. The summed E-state index contributed by atoms with van der Waals surface area (Å²) in [7, 11) is -3.65. The van der Waals surface area contributed by atoms with Crippen LogP contribution in [0.15, 0.2) is 34.7 Å². The number of thiophene rings is 1. The molecule has 0 saturated carbocycles. The number of anilines is 2. The van der Waals surface area contributed by atoms with Crippen LogP contribution in [0.25, 0.3) is 0 Å². The lowest BCUT2D eigenvalue weighted by atomic mass is 10.2. The summed E-state index contributed by atoms with van der Waals surface area (Å²) in [6, 6.07) is 5.15. The van der Waals surface area contributed by atoms with Crippen molar-refractivity contribution in [3.8, 4) is 0 Å². The predicted octanol–water partition coefficient (Wildman–Crippen LogP) is 3.42. The van der Waals surface area contributed by atoms with Crippen molar-refractivity contribution >= 4 is 38.8 Å². The van der Waals surface area contributed by atoms with E-state index in [1.807, 2.05) is 6.07 Å². The van der Waals surface area contributed by atoms with Crippen LogP contribution < -0.4 is 10.2 Å². The molecule has 2 aromatic rings. The molecule has 0 aliphatic carbocycles. The average Bonchev–Trinajstić information content (AvgIpc) is 3.22. The van der Waals surface area contributed by atoms with Gasteiger partial charge in [0.1, 0.15) is 15.6 Å². The van der Waals surface area contributed by atoms with Crippen molar-refractivity contribution in [2.75, 3.05) is 36.4 Å².